The molecule has 4 nitrogen and oxygen atoms in total. The summed E-state index contributed by atoms with van der Waals surface area (Å²) in [5, 5.41) is 0. The summed E-state index contributed by atoms with van der Waals surface area (Å²) >= 11 is 0. The molecule has 0 aromatic heterocycles. The summed E-state index contributed by atoms with van der Waals surface area (Å²) < 4.78 is 79.2. The van der Waals surface area contributed by atoms with Crippen LogP contribution in [-0.4, -0.2) is 37.9 Å². The summed E-state index contributed by atoms with van der Waals surface area (Å²) in [4.78, 5) is 11.0. The molecular weight excluding hydrogens is 471 g/mol. The van der Waals surface area contributed by atoms with E-state index in [2.05, 4.69) is 6.58 Å². The summed E-state index contributed by atoms with van der Waals surface area (Å²) in [6.07, 6.45) is 0.687. The number of ether oxygens (including phenoxy) is 3. The van der Waals surface area contributed by atoms with Crippen molar-refractivity contribution in [2.45, 2.75) is 50.6 Å². The Bertz CT molecular complexity index is 929. The van der Waals surface area contributed by atoms with E-state index in [1.54, 1.807) is 6.07 Å². The summed E-state index contributed by atoms with van der Waals surface area (Å²) in [5.74, 6) is -5.19. The average Bonchev–Trinajstić information content (AvgIpc) is 2.83. The molecule has 0 fully saturated rings. The summed E-state index contributed by atoms with van der Waals surface area (Å²) in [5.41, 5.74) is 1.49. The number of esters is 1. The van der Waals surface area contributed by atoms with Crippen LogP contribution in [0.5, 0.6) is 11.5 Å². The molecule has 0 aliphatic heterocycles. The Morgan fingerprint density at radius 3 is 2.09 bits per heavy atom. The largest absolute Gasteiger partial charge is 0.493 e. The third-order valence-electron chi connectivity index (χ3n) is 5.08. The molecule has 0 radical (unpaired) electrons. The van der Waals surface area contributed by atoms with Gasteiger partial charge in [0.2, 0.25) is 0 Å². The van der Waals surface area contributed by atoms with Crippen molar-refractivity contribution in [2.24, 2.45) is 0 Å². The zero-order chi connectivity index (χ0) is 25.7. The normalized spacial score (nSPS) is 11.7. The van der Waals surface area contributed by atoms with Crippen molar-refractivity contribution in [2.75, 3.05) is 19.8 Å². The first kappa shape index (κ1) is 28.1. The Morgan fingerprint density at radius 1 is 0.829 bits per heavy atom. The first-order valence-corrected chi connectivity index (χ1v) is 11.3. The van der Waals surface area contributed by atoms with Gasteiger partial charge in [-0.1, -0.05) is 62.6 Å². The Kier molecular flexibility index (Phi) is 11.0. The van der Waals surface area contributed by atoms with Gasteiger partial charge >= 0.3 is 18.1 Å². The molecule has 192 valence electrons. The minimum Gasteiger partial charge on any atom is -0.493 e. The Hall–Kier alpha value is -3.10. The molecule has 0 aliphatic rings. The number of unbranched alkanes of at least 4 members (excludes halogenated alkanes) is 5. The lowest BCUT2D eigenvalue weighted by Crippen LogP contribution is -2.41. The van der Waals surface area contributed by atoms with Gasteiger partial charge in [-0.05, 0) is 30.5 Å². The number of hydrogen-bond donors (Lipinski definition) is 0. The predicted octanol–water partition coefficient (Wildman–Crippen LogP) is 7.38. The van der Waals surface area contributed by atoms with Crippen molar-refractivity contribution < 1.29 is 41.0 Å². The molecule has 0 aliphatic carbocycles. The van der Waals surface area contributed by atoms with Gasteiger partial charge in [0.05, 0.1) is 13.2 Å². The molecule has 0 N–H and O–H groups in total. The highest BCUT2D eigenvalue weighted by Crippen LogP contribution is 2.37. The van der Waals surface area contributed by atoms with Crippen LogP contribution in [0.3, 0.4) is 0 Å². The molecular formula is C26H29F5O4. The fourth-order valence-corrected chi connectivity index (χ4v) is 3.15. The van der Waals surface area contributed by atoms with Crippen LogP contribution in [0.1, 0.15) is 38.5 Å². The molecule has 0 spiro atoms. The number of carbonyl (C=O) groups is 1. The first-order valence-electron chi connectivity index (χ1n) is 11.3. The lowest BCUT2D eigenvalue weighted by atomic mass is 10.0. The van der Waals surface area contributed by atoms with Crippen LogP contribution < -0.4 is 9.47 Å². The number of hydrogen-bond acceptors (Lipinski definition) is 4. The second-order valence-electron chi connectivity index (χ2n) is 7.86. The lowest BCUT2D eigenvalue weighted by Gasteiger charge is -2.20. The molecule has 2 aromatic rings. The second-order valence-corrected chi connectivity index (χ2v) is 7.86. The van der Waals surface area contributed by atoms with Crippen molar-refractivity contribution in [3.63, 3.8) is 0 Å². The summed E-state index contributed by atoms with van der Waals surface area (Å²) in [6, 6.07) is 13.4. The number of halogens is 5. The predicted molar refractivity (Wildman–Crippen MR) is 123 cm³/mol. The molecule has 0 saturated carbocycles. The zero-order valence-corrected chi connectivity index (χ0v) is 19.3. The van der Waals surface area contributed by atoms with Crippen molar-refractivity contribution in [3.8, 4) is 22.6 Å². The highest BCUT2D eigenvalue weighted by Gasteiger charge is 2.58. The smallest absolute Gasteiger partial charge is 0.456 e. The second kappa shape index (κ2) is 13.7. The van der Waals surface area contributed by atoms with Crippen LogP contribution in [0, 0.1) is 0 Å². The van der Waals surface area contributed by atoms with Gasteiger partial charge in [-0.15, -0.1) is 0 Å². The molecule has 0 heterocycles. The van der Waals surface area contributed by atoms with E-state index in [4.69, 9.17) is 14.2 Å². The molecule has 0 unspecified atom stereocenters. The van der Waals surface area contributed by atoms with Gasteiger partial charge in [0.15, 0.2) is 6.61 Å². The first-order chi connectivity index (χ1) is 16.6. The van der Waals surface area contributed by atoms with Crippen molar-refractivity contribution >= 4 is 5.97 Å². The van der Waals surface area contributed by atoms with Gasteiger partial charge in [0.1, 0.15) is 11.5 Å². The highest BCUT2D eigenvalue weighted by molar-refractivity contribution is 5.81. The van der Waals surface area contributed by atoms with E-state index in [1.807, 2.05) is 30.3 Å². The molecule has 2 aromatic carbocycles. The molecule has 35 heavy (non-hydrogen) atoms. The molecule has 0 atom stereocenters. The fourth-order valence-electron chi connectivity index (χ4n) is 3.15. The summed E-state index contributed by atoms with van der Waals surface area (Å²) in [7, 11) is 0. The standard InChI is InChI=1S/C26H29F5O4/c1-2-24(32)34-17-11-6-4-3-5-10-16-33-23-18-21(35-19-25(27,28)26(29,30)31)14-15-22(23)20-12-8-7-9-13-20/h2,7-9,12-15,18H,1,3-6,10-11,16-17,19H2. The zero-order valence-electron chi connectivity index (χ0n) is 19.3. The van der Waals surface area contributed by atoms with Crippen LogP contribution >= 0.6 is 0 Å². The monoisotopic (exact) mass is 500 g/mol. The molecule has 9 heteroatoms. The Labute approximate surface area is 201 Å². The minimum atomic E-state index is -5.69. The summed E-state index contributed by atoms with van der Waals surface area (Å²) in [6.45, 7) is 2.23. The topological polar surface area (TPSA) is 44.8 Å². The van der Waals surface area contributed by atoms with Gasteiger partial charge in [0.25, 0.3) is 0 Å². The van der Waals surface area contributed by atoms with Gasteiger partial charge in [-0.25, -0.2) is 4.79 Å². The Morgan fingerprint density at radius 2 is 1.46 bits per heavy atom. The molecule has 0 amide bonds. The average molecular weight is 501 g/mol. The van der Waals surface area contributed by atoms with Gasteiger partial charge in [-0.2, -0.15) is 22.0 Å². The Balaban J connectivity index is 1.88. The van der Waals surface area contributed by atoms with Crippen LogP contribution in [0.15, 0.2) is 61.2 Å². The van der Waals surface area contributed by atoms with E-state index >= 15 is 0 Å². The van der Waals surface area contributed by atoms with Crippen LogP contribution in [0.2, 0.25) is 0 Å². The van der Waals surface area contributed by atoms with Gasteiger partial charge < -0.3 is 14.2 Å². The maximum absolute atomic E-state index is 13.2. The van der Waals surface area contributed by atoms with Crippen LogP contribution in [0.4, 0.5) is 22.0 Å². The minimum absolute atomic E-state index is 0.138. The maximum Gasteiger partial charge on any atom is 0.456 e. The molecule has 0 saturated heterocycles. The number of alkyl halides is 5. The van der Waals surface area contributed by atoms with E-state index in [0.717, 1.165) is 50.2 Å². The third-order valence-corrected chi connectivity index (χ3v) is 5.08. The highest BCUT2D eigenvalue weighted by atomic mass is 19.4. The van der Waals surface area contributed by atoms with Gasteiger partial charge in [-0.3, -0.25) is 0 Å². The van der Waals surface area contributed by atoms with Crippen molar-refractivity contribution in [3.05, 3.63) is 61.2 Å². The fraction of sp³-hybridized carbons (Fsp3) is 0.423. The van der Waals surface area contributed by atoms with E-state index < -0.39 is 24.7 Å². The quantitative estimate of drug-likeness (QED) is 0.111. The number of benzene rings is 2. The van der Waals surface area contributed by atoms with E-state index in [9.17, 15) is 26.7 Å². The SMILES string of the molecule is C=CC(=O)OCCCCCCCCOc1cc(OCC(F)(F)C(F)(F)F)ccc1-c1ccccc1. The maximum atomic E-state index is 13.2. The van der Waals surface area contributed by atoms with Crippen molar-refractivity contribution in [1.29, 1.82) is 0 Å². The van der Waals surface area contributed by atoms with Gasteiger partial charge in [0, 0.05) is 17.7 Å². The van der Waals surface area contributed by atoms with Crippen molar-refractivity contribution in [1.82, 2.24) is 0 Å². The number of rotatable bonds is 15. The lowest BCUT2D eigenvalue weighted by molar-refractivity contribution is -0.290. The van der Waals surface area contributed by atoms with Crippen LogP contribution in [-0.2, 0) is 9.53 Å². The van der Waals surface area contributed by atoms with E-state index in [-0.39, 0.29) is 5.75 Å². The van der Waals surface area contributed by atoms with E-state index in [1.165, 1.54) is 12.1 Å². The third kappa shape index (κ3) is 9.58. The van der Waals surface area contributed by atoms with Crippen LogP contribution in [0.25, 0.3) is 11.1 Å². The van der Waals surface area contributed by atoms with E-state index in [0.29, 0.717) is 24.5 Å². The number of carbonyl (C=O) groups excluding carboxylic acids is 1. The molecule has 0 bridgehead atoms. The molecule has 2 rings (SSSR count).